The molecule has 0 radical (unpaired) electrons. The van der Waals surface area contributed by atoms with E-state index in [0.717, 1.165) is 0 Å². The Kier molecular flexibility index (Phi) is 3.07. The molecule has 7 heteroatoms. The first kappa shape index (κ1) is 11.7. The Bertz CT molecular complexity index is 497. The van der Waals surface area contributed by atoms with Gasteiger partial charge in [-0.3, -0.25) is 0 Å². The SMILES string of the molecule is CSc1nc(C)cc(OS(=O)(=O)C2CC2)n1. The van der Waals surface area contributed by atoms with Gasteiger partial charge >= 0.3 is 10.1 Å². The van der Waals surface area contributed by atoms with Crippen molar-refractivity contribution in [3.8, 4) is 5.88 Å². The minimum atomic E-state index is -3.48. The molecule has 1 aliphatic rings. The Morgan fingerprint density at radius 1 is 1.44 bits per heavy atom. The van der Waals surface area contributed by atoms with Crippen LogP contribution in [-0.2, 0) is 10.1 Å². The molecule has 1 aliphatic carbocycles. The van der Waals surface area contributed by atoms with E-state index in [4.69, 9.17) is 4.18 Å². The van der Waals surface area contributed by atoms with E-state index in [1.165, 1.54) is 17.8 Å². The van der Waals surface area contributed by atoms with Crippen molar-refractivity contribution >= 4 is 21.9 Å². The van der Waals surface area contributed by atoms with Gasteiger partial charge in [-0.2, -0.15) is 13.4 Å². The average Bonchev–Trinajstić information content (AvgIpc) is 2.98. The number of thioether (sulfide) groups is 1. The molecule has 0 aliphatic heterocycles. The van der Waals surface area contributed by atoms with Crippen LogP contribution in [0.1, 0.15) is 18.5 Å². The molecule has 0 N–H and O–H groups in total. The number of hydrogen-bond acceptors (Lipinski definition) is 6. The molecule has 0 bridgehead atoms. The van der Waals surface area contributed by atoms with Crippen LogP contribution in [0.3, 0.4) is 0 Å². The van der Waals surface area contributed by atoms with Gasteiger partial charge in [0.05, 0.1) is 5.25 Å². The minimum absolute atomic E-state index is 0.115. The maximum Gasteiger partial charge on any atom is 0.313 e. The second-order valence-corrected chi connectivity index (χ2v) is 6.20. The van der Waals surface area contributed by atoms with Crippen molar-refractivity contribution in [2.45, 2.75) is 30.2 Å². The van der Waals surface area contributed by atoms with Crippen LogP contribution in [0.2, 0.25) is 0 Å². The summed E-state index contributed by atoms with van der Waals surface area (Å²) in [5.74, 6) is 0.115. The molecule has 1 heterocycles. The van der Waals surface area contributed by atoms with E-state index < -0.39 is 10.1 Å². The van der Waals surface area contributed by atoms with Gasteiger partial charge in [-0.15, -0.1) is 0 Å². The highest BCUT2D eigenvalue weighted by Crippen LogP contribution is 2.30. The van der Waals surface area contributed by atoms with Crippen LogP contribution in [0.25, 0.3) is 0 Å². The summed E-state index contributed by atoms with van der Waals surface area (Å²) >= 11 is 1.35. The normalized spacial score (nSPS) is 16.1. The third-order valence-electron chi connectivity index (χ3n) is 2.13. The Balaban J connectivity index is 2.23. The molecular formula is C9H12N2O3S2. The summed E-state index contributed by atoms with van der Waals surface area (Å²) in [6.07, 6.45) is 3.19. The Morgan fingerprint density at radius 3 is 2.69 bits per heavy atom. The fourth-order valence-corrected chi connectivity index (χ4v) is 2.78. The van der Waals surface area contributed by atoms with Gasteiger partial charge in [0.15, 0.2) is 5.16 Å². The van der Waals surface area contributed by atoms with Gasteiger partial charge in [-0.1, -0.05) is 11.8 Å². The second-order valence-electron chi connectivity index (χ2n) is 3.61. The largest absolute Gasteiger partial charge is 0.361 e. The molecule has 5 nitrogen and oxygen atoms in total. The number of aromatic nitrogens is 2. The maximum absolute atomic E-state index is 11.6. The van der Waals surface area contributed by atoms with Crippen molar-refractivity contribution in [1.82, 2.24) is 9.97 Å². The fraction of sp³-hybridized carbons (Fsp3) is 0.556. The first-order valence-electron chi connectivity index (χ1n) is 4.84. The number of aryl methyl sites for hydroxylation is 1. The molecule has 16 heavy (non-hydrogen) atoms. The second kappa shape index (κ2) is 4.21. The van der Waals surface area contributed by atoms with Crippen LogP contribution < -0.4 is 4.18 Å². The summed E-state index contributed by atoms with van der Waals surface area (Å²) in [6.45, 7) is 1.78. The van der Waals surface area contributed by atoms with Gasteiger partial charge in [-0.05, 0) is 26.0 Å². The summed E-state index contributed by atoms with van der Waals surface area (Å²) in [5, 5.41) is 0.168. The Morgan fingerprint density at radius 2 is 2.12 bits per heavy atom. The summed E-state index contributed by atoms with van der Waals surface area (Å²) in [7, 11) is -3.48. The lowest BCUT2D eigenvalue weighted by Gasteiger charge is -2.06. The van der Waals surface area contributed by atoms with Gasteiger partial charge in [0.2, 0.25) is 5.88 Å². The van der Waals surface area contributed by atoms with E-state index >= 15 is 0 Å². The Labute approximate surface area is 98.8 Å². The van der Waals surface area contributed by atoms with Crippen molar-refractivity contribution in [2.75, 3.05) is 6.26 Å². The molecule has 1 aromatic heterocycles. The highest BCUT2D eigenvalue weighted by Gasteiger charge is 2.38. The summed E-state index contributed by atoms with van der Waals surface area (Å²) in [5.41, 5.74) is 0.695. The highest BCUT2D eigenvalue weighted by atomic mass is 32.2. The standard InChI is InChI=1S/C9H12N2O3S2/c1-6-5-8(11-9(10-6)15-2)14-16(12,13)7-3-4-7/h5,7H,3-4H2,1-2H3. The first-order chi connectivity index (χ1) is 7.51. The summed E-state index contributed by atoms with van der Waals surface area (Å²) < 4.78 is 28.1. The van der Waals surface area contributed by atoms with Crippen molar-refractivity contribution < 1.29 is 12.6 Å². The number of rotatable bonds is 4. The predicted molar refractivity (Wildman–Crippen MR) is 61.1 cm³/mol. The zero-order valence-corrected chi connectivity index (χ0v) is 10.6. The van der Waals surface area contributed by atoms with E-state index in [0.29, 0.717) is 23.7 Å². The molecule has 88 valence electrons. The molecule has 1 fully saturated rings. The van der Waals surface area contributed by atoms with Crippen molar-refractivity contribution in [3.63, 3.8) is 0 Å². The smallest absolute Gasteiger partial charge is 0.313 e. The molecule has 0 saturated heterocycles. The van der Waals surface area contributed by atoms with Crippen LogP contribution in [0, 0.1) is 6.92 Å². The van der Waals surface area contributed by atoms with Gasteiger partial charge in [0.25, 0.3) is 0 Å². The lowest BCUT2D eigenvalue weighted by Crippen LogP contribution is -2.15. The summed E-state index contributed by atoms with van der Waals surface area (Å²) in [4.78, 5) is 8.12. The van der Waals surface area contributed by atoms with Gasteiger partial charge in [0, 0.05) is 11.8 Å². The van der Waals surface area contributed by atoms with E-state index in [9.17, 15) is 8.42 Å². The van der Waals surface area contributed by atoms with E-state index in [-0.39, 0.29) is 11.1 Å². The third kappa shape index (κ3) is 2.65. The van der Waals surface area contributed by atoms with Gasteiger partial charge < -0.3 is 4.18 Å². The Hall–Kier alpha value is -0.820. The van der Waals surface area contributed by atoms with Crippen LogP contribution >= 0.6 is 11.8 Å². The molecule has 1 saturated carbocycles. The van der Waals surface area contributed by atoms with Crippen LogP contribution in [-0.4, -0.2) is 29.9 Å². The average molecular weight is 260 g/mol. The third-order valence-corrected chi connectivity index (χ3v) is 4.37. The van der Waals surface area contributed by atoms with Crippen molar-refractivity contribution in [3.05, 3.63) is 11.8 Å². The van der Waals surface area contributed by atoms with Gasteiger partial charge in [-0.25, -0.2) is 4.98 Å². The lowest BCUT2D eigenvalue weighted by atomic mass is 10.4. The lowest BCUT2D eigenvalue weighted by molar-refractivity contribution is 0.470. The zero-order valence-electron chi connectivity index (χ0n) is 9.00. The molecule has 2 rings (SSSR count). The molecule has 1 aromatic rings. The molecular weight excluding hydrogens is 248 g/mol. The quantitative estimate of drug-likeness (QED) is 0.463. The zero-order chi connectivity index (χ0) is 11.8. The van der Waals surface area contributed by atoms with E-state index in [1.54, 1.807) is 6.92 Å². The van der Waals surface area contributed by atoms with Gasteiger partial charge in [0.1, 0.15) is 0 Å². The highest BCUT2D eigenvalue weighted by molar-refractivity contribution is 7.98. The topological polar surface area (TPSA) is 69.2 Å². The monoisotopic (exact) mass is 260 g/mol. The molecule has 0 spiro atoms. The predicted octanol–water partition coefficient (Wildman–Crippen LogP) is 1.38. The molecule has 0 amide bonds. The fourth-order valence-electron chi connectivity index (χ4n) is 1.19. The maximum atomic E-state index is 11.6. The van der Waals surface area contributed by atoms with E-state index in [1.807, 2.05) is 6.26 Å². The van der Waals surface area contributed by atoms with Crippen molar-refractivity contribution in [1.29, 1.82) is 0 Å². The van der Waals surface area contributed by atoms with Crippen LogP contribution in [0.4, 0.5) is 0 Å². The van der Waals surface area contributed by atoms with Crippen molar-refractivity contribution in [2.24, 2.45) is 0 Å². The molecule has 0 atom stereocenters. The van der Waals surface area contributed by atoms with E-state index in [2.05, 4.69) is 9.97 Å². The van der Waals surface area contributed by atoms with Crippen LogP contribution in [0.5, 0.6) is 5.88 Å². The molecule has 0 aromatic carbocycles. The number of hydrogen-bond donors (Lipinski definition) is 0. The molecule has 0 unspecified atom stereocenters. The minimum Gasteiger partial charge on any atom is -0.361 e. The summed E-state index contributed by atoms with van der Waals surface area (Å²) in [6, 6.07) is 1.53. The first-order valence-corrected chi connectivity index (χ1v) is 7.54. The van der Waals surface area contributed by atoms with Crippen LogP contribution in [0.15, 0.2) is 11.2 Å². The number of nitrogens with zero attached hydrogens (tertiary/aromatic N) is 2.